The zero-order chi connectivity index (χ0) is 42.7. The number of urea groups is 1. The van der Waals surface area contributed by atoms with Gasteiger partial charge in [-0.15, -0.1) is 0 Å². The number of carbonyl (C=O) groups excluding carboxylic acids is 3. The number of rotatable bonds is 12. The molecule has 0 saturated carbocycles. The molecular weight excluding hydrogens is 902 g/mol. The van der Waals surface area contributed by atoms with Crippen LogP contribution in [0.15, 0.2) is 69.6 Å². The van der Waals surface area contributed by atoms with E-state index in [1.54, 1.807) is 0 Å². The highest BCUT2D eigenvalue weighted by atomic mass is 79.9. The third kappa shape index (κ3) is 12.6. The predicted octanol–water partition coefficient (Wildman–Crippen LogP) is 6.61. The van der Waals surface area contributed by atoms with Crippen LogP contribution in [0.4, 0.5) is 31.1 Å². The van der Waals surface area contributed by atoms with Gasteiger partial charge in [-0.3, -0.25) is 29.4 Å². The van der Waals surface area contributed by atoms with E-state index in [2.05, 4.69) is 31.9 Å². The predicted molar refractivity (Wildman–Crippen MR) is 202 cm³/mol. The SMILES string of the molecule is NCCCCN1C(=O)N(CCCCN)C(=O)C(Cc2ccc3cc(Br)ccc3n2)(Cc2ccc3cc(Br)ccc3n2)C1=O.O=C(O)C(F)(F)F.O=C(O)C(F)(F)F. The summed E-state index contributed by atoms with van der Waals surface area (Å²) in [7, 11) is 0. The zero-order valence-electron chi connectivity index (χ0n) is 29.7. The number of carbonyl (C=O) groups is 5. The number of pyridine rings is 2. The number of imide groups is 2. The second kappa shape index (κ2) is 20.1. The van der Waals surface area contributed by atoms with Gasteiger partial charge in [0.05, 0.1) is 11.0 Å². The molecule has 3 heterocycles. The molecule has 0 radical (unpaired) electrons. The van der Waals surface area contributed by atoms with E-state index in [1.165, 1.54) is 9.80 Å². The van der Waals surface area contributed by atoms with Crippen molar-refractivity contribution < 1.29 is 60.5 Å². The highest BCUT2D eigenvalue weighted by Gasteiger charge is 2.57. The number of halogens is 8. The second-order valence-corrected chi connectivity index (χ2v) is 14.3. The Balaban J connectivity index is 0.000000531. The molecule has 0 atom stereocenters. The number of carboxylic acids is 2. The molecule has 1 fully saturated rings. The van der Waals surface area contributed by atoms with Gasteiger partial charge in [0.15, 0.2) is 0 Å². The van der Waals surface area contributed by atoms with Crippen molar-refractivity contribution in [1.29, 1.82) is 0 Å². The van der Waals surface area contributed by atoms with Crippen molar-refractivity contribution in [2.75, 3.05) is 26.2 Å². The summed E-state index contributed by atoms with van der Waals surface area (Å²) in [6.07, 6.45) is -7.75. The summed E-state index contributed by atoms with van der Waals surface area (Å²) in [6, 6.07) is 18.5. The molecule has 0 spiro atoms. The van der Waals surface area contributed by atoms with Crippen molar-refractivity contribution >= 4 is 83.4 Å². The summed E-state index contributed by atoms with van der Waals surface area (Å²) in [6.45, 7) is 1.23. The number of barbiturate groups is 1. The van der Waals surface area contributed by atoms with Crippen molar-refractivity contribution in [2.24, 2.45) is 16.9 Å². The van der Waals surface area contributed by atoms with Gasteiger partial charge in [0.2, 0.25) is 11.8 Å². The Morgan fingerprint density at radius 3 is 1.30 bits per heavy atom. The van der Waals surface area contributed by atoms with Crippen molar-refractivity contribution in [3.63, 3.8) is 0 Å². The van der Waals surface area contributed by atoms with E-state index in [-0.39, 0.29) is 25.9 Å². The zero-order valence-corrected chi connectivity index (χ0v) is 32.9. The molecule has 0 aliphatic carbocycles. The number of amides is 4. The van der Waals surface area contributed by atoms with Crippen molar-refractivity contribution in [3.8, 4) is 0 Å². The Morgan fingerprint density at radius 2 is 0.982 bits per heavy atom. The quantitative estimate of drug-likeness (QED) is 0.0674. The number of aromatic nitrogens is 2. The minimum atomic E-state index is -5.08. The molecular formula is C36H36Br2F6N6O7. The molecule has 57 heavy (non-hydrogen) atoms. The number of aliphatic carboxylic acids is 2. The second-order valence-electron chi connectivity index (χ2n) is 12.5. The summed E-state index contributed by atoms with van der Waals surface area (Å²) in [4.78, 5) is 72.6. The minimum Gasteiger partial charge on any atom is -0.475 e. The largest absolute Gasteiger partial charge is 0.490 e. The topological polar surface area (TPSA) is 210 Å². The van der Waals surface area contributed by atoms with Crippen LogP contribution >= 0.6 is 31.9 Å². The normalized spacial score (nSPS) is 14.2. The molecule has 2 aromatic heterocycles. The number of fused-ring (bicyclic) bond motifs is 2. The number of hydrogen-bond acceptors (Lipinski definition) is 9. The maximum Gasteiger partial charge on any atom is 0.490 e. The van der Waals surface area contributed by atoms with Crippen molar-refractivity contribution in [2.45, 2.75) is 50.9 Å². The minimum absolute atomic E-state index is 0.0186. The molecule has 4 aromatic rings. The molecule has 2 aromatic carbocycles. The standard InChI is InChI=1S/C32H34Br2N6O3.2C2HF3O2/c33-23-7-11-27-21(17-23)5-9-25(37-27)19-32(20-26-10-6-22-18-24(34)8-12-28(22)38-26)29(41)39(15-3-1-13-35)31(43)40(30(32)42)16-4-2-14-36;2*3-2(4,5)1(6)7/h5-12,17-18H,1-4,13-16,19-20,35-36H2;2*(H,6,7). The fourth-order valence-electron chi connectivity index (χ4n) is 5.61. The van der Waals surface area contributed by atoms with Gasteiger partial charge in [0.1, 0.15) is 5.41 Å². The Kier molecular flexibility index (Phi) is 16.5. The third-order valence-electron chi connectivity index (χ3n) is 8.31. The van der Waals surface area contributed by atoms with Crippen LogP contribution in [0.5, 0.6) is 0 Å². The summed E-state index contributed by atoms with van der Waals surface area (Å²) in [5.41, 5.74) is 12.5. The van der Waals surface area contributed by atoms with Gasteiger partial charge < -0.3 is 21.7 Å². The van der Waals surface area contributed by atoms with Crippen LogP contribution in [0.1, 0.15) is 37.1 Å². The molecule has 0 unspecified atom stereocenters. The highest BCUT2D eigenvalue weighted by Crippen LogP contribution is 2.38. The molecule has 308 valence electrons. The molecule has 21 heteroatoms. The van der Waals surface area contributed by atoms with Crippen LogP contribution in [0.3, 0.4) is 0 Å². The van der Waals surface area contributed by atoms with Gasteiger partial charge in [-0.1, -0.05) is 44.0 Å². The number of carboxylic acid groups (broad SMARTS) is 2. The Bertz CT molecular complexity index is 1960. The number of nitrogens with two attached hydrogens (primary N) is 2. The van der Waals surface area contributed by atoms with E-state index in [4.69, 9.17) is 41.2 Å². The maximum atomic E-state index is 14.5. The Morgan fingerprint density at radius 1 is 0.632 bits per heavy atom. The number of nitrogens with zero attached hydrogens (tertiary/aromatic N) is 4. The van der Waals surface area contributed by atoms with Gasteiger partial charge in [-0.05, 0) is 87.3 Å². The molecule has 1 aliphatic rings. The summed E-state index contributed by atoms with van der Waals surface area (Å²) >= 11 is 7.00. The van der Waals surface area contributed by atoms with E-state index in [0.717, 1.165) is 30.8 Å². The average Bonchev–Trinajstić information content (AvgIpc) is 3.13. The maximum absolute atomic E-state index is 14.5. The first kappa shape index (κ1) is 46.7. The summed E-state index contributed by atoms with van der Waals surface area (Å²) < 4.78 is 65.3. The van der Waals surface area contributed by atoms with Gasteiger partial charge >= 0.3 is 30.3 Å². The number of unbranched alkanes of at least 4 members (excludes halogenated alkanes) is 2. The Hall–Kier alpha value is -4.73. The van der Waals surface area contributed by atoms with Crippen LogP contribution in [0.25, 0.3) is 21.8 Å². The molecule has 5 rings (SSSR count). The van der Waals surface area contributed by atoms with E-state index >= 15 is 0 Å². The van der Waals surface area contributed by atoms with Crippen LogP contribution < -0.4 is 11.5 Å². The van der Waals surface area contributed by atoms with E-state index in [9.17, 15) is 40.7 Å². The monoisotopic (exact) mass is 936 g/mol. The lowest BCUT2D eigenvalue weighted by molar-refractivity contribution is -0.193. The van der Waals surface area contributed by atoms with Gasteiger partial charge in [-0.25, -0.2) is 14.4 Å². The first-order valence-electron chi connectivity index (χ1n) is 16.9. The molecule has 13 nitrogen and oxygen atoms in total. The molecule has 4 amide bonds. The first-order valence-corrected chi connectivity index (χ1v) is 18.5. The van der Waals surface area contributed by atoms with Crippen LogP contribution in [0, 0.1) is 5.41 Å². The third-order valence-corrected chi connectivity index (χ3v) is 9.30. The highest BCUT2D eigenvalue weighted by molar-refractivity contribution is 9.10. The van der Waals surface area contributed by atoms with Gasteiger partial charge in [-0.2, -0.15) is 26.3 Å². The number of hydrogen-bond donors (Lipinski definition) is 4. The first-order chi connectivity index (χ1) is 26.6. The van der Waals surface area contributed by atoms with E-state index < -0.39 is 47.6 Å². The van der Waals surface area contributed by atoms with Crippen molar-refractivity contribution in [3.05, 3.63) is 81.0 Å². The van der Waals surface area contributed by atoms with E-state index in [0.29, 0.717) is 50.2 Å². The van der Waals surface area contributed by atoms with Crippen LogP contribution in [0.2, 0.25) is 0 Å². The molecule has 1 aliphatic heterocycles. The number of benzene rings is 2. The van der Waals surface area contributed by atoms with Crippen LogP contribution in [-0.4, -0.2) is 98.3 Å². The smallest absolute Gasteiger partial charge is 0.475 e. The fraction of sp³-hybridized carbons (Fsp3) is 0.361. The lowest BCUT2D eigenvalue weighted by Crippen LogP contribution is -2.66. The molecule has 1 saturated heterocycles. The van der Waals surface area contributed by atoms with Crippen LogP contribution in [-0.2, 0) is 32.0 Å². The van der Waals surface area contributed by atoms with Gasteiger partial charge in [0, 0.05) is 57.0 Å². The fourth-order valence-corrected chi connectivity index (χ4v) is 6.37. The number of alkyl halides is 6. The lowest BCUT2D eigenvalue weighted by atomic mass is 9.74. The lowest BCUT2D eigenvalue weighted by Gasteiger charge is -2.44. The average molecular weight is 939 g/mol. The molecule has 0 bridgehead atoms. The van der Waals surface area contributed by atoms with Gasteiger partial charge in [0.25, 0.3) is 0 Å². The summed E-state index contributed by atoms with van der Waals surface area (Å²) in [5.74, 6) is -6.56. The van der Waals surface area contributed by atoms with Crippen molar-refractivity contribution in [1.82, 2.24) is 19.8 Å². The molecule has 6 N–H and O–H groups in total. The van der Waals surface area contributed by atoms with E-state index in [1.807, 2.05) is 60.7 Å². The summed E-state index contributed by atoms with van der Waals surface area (Å²) in [5, 5.41) is 16.1. The Labute approximate surface area is 337 Å².